The molecule has 0 radical (unpaired) electrons. The number of benzene rings is 2. The molecule has 5 nitrogen and oxygen atoms in total. The van der Waals surface area contributed by atoms with Crippen LogP contribution in [0.5, 0.6) is 0 Å². The Morgan fingerprint density at radius 3 is 2.54 bits per heavy atom. The number of amides is 2. The molecular formula is C22H19N3O2S. The number of hydrogen-bond donors (Lipinski definition) is 1. The van der Waals surface area contributed by atoms with Crippen LogP contribution >= 0.6 is 12.2 Å². The molecule has 0 aliphatic carbocycles. The van der Waals surface area contributed by atoms with Crippen LogP contribution in [0, 0.1) is 6.92 Å². The van der Waals surface area contributed by atoms with Crippen molar-refractivity contribution in [3.63, 3.8) is 0 Å². The number of anilines is 1. The number of nitrogens with one attached hydrogen (secondary N) is 1. The largest absolute Gasteiger partial charge is 0.347 e. The SMILES string of the molecule is CCn1cc(/C=C2\C(=O)NC(=S)N(c3ccccc3C)C2=O)c2ccccc21. The van der Waals surface area contributed by atoms with Gasteiger partial charge >= 0.3 is 0 Å². The van der Waals surface area contributed by atoms with Gasteiger partial charge in [0.25, 0.3) is 11.8 Å². The Hall–Kier alpha value is -3.25. The summed E-state index contributed by atoms with van der Waals surface area (Å²) in [6, 6.07) is 15.4. The minimum atomic E-state index is -0.479. The minimum Gasteiger partial charge on any atom is -0.347 e. The van der Waals surface area contributed by atoms with Crippen molar-refractivity contribution in [2.45, 2.75) is 20.4 Å². The van der Waals surface area contributed by atoms with Crippen LogP contribution in [0.15, 0.2) is 60.3 Å². The highest BCUT2D eigenvalue weighted by atomic mass is 32.1. The third-order valence-corrected chi connectivity index (χ3v) is 5.20. The van der Waals surface area contributed by atoms with Gasteiger partial charge in [-0.05, 0) is 49.8 Å². The second-order valence-corrected chi connectivity index (χ2v) is 7.02. The number of para-hydroxylation sites is 2. The third-order valence-electron chi connectivity index (χ3n) is 4.92. The fraction of sp³-hybridized carbons (Fsp3) is 0.136. The molecule has 1 fully saturated rings. The normalized spacial score (nSPS) is 16.1. The molecule has 0 atom stereocenters. The number of fused-ring (bicyclic) bond motifs is 1. The van der Waals surface area contributed by atoms with Gasteiger partial charge in [-0.2, -0.15) is 0 Å². The molecule has 3 aromatic rings. The Balaban J connectivity index is 1.83. The monoisotopic (exact) mass is 389 g/mol. The molecule has 28 heavy (non-hydrogen) atoms. The molecule has 140 valence electrons. The van der Waals surface area contributed by atoms with Crippen molar-refractivity contribution in [3.8, 4) is 0 Å². The van der Waals surface area contributed by atoms with Crippen molar-refractivity contribution in [1.82, 2.24) is 9.88 Å². The maximum absolute atomic E-state index is 13.2. The van der Waals surface area contributed by atoms with E-state index >= 15 is 0 Å². The van der Waals surface area contributed by atoms with Crippen LogP contribution in [0.4, 0.5) is 5.69 Å². The van der Waals surface area contributed by atoms with E-state index < -0.39 is 11.8 Å². The minimum absolute atomic E-state index is 0.0656. The first kappa shape index (κ1) is 18.1. The van der Waals surface area contributed by atoms with Crippen molar-refractivity contribution in [2.75, 3.05) is 4.90 Å². The lowest BCUT2D eigenvalue weighted by molar-refractivity contribution is -0.122. The van der Waals surface area contributed by atoms with E-state index in [0.717, 1.165) is 28.6 Å². The van der Waals surface area contributed by atoms with Crippen LogP contribution in [-0.2, 0) is 16.1 Å². The Morgan fingerprint density at radius 1 is 1.07 bits per heavy atom. The second-order valence-electron chi connectivity index (χ2n) is 6.63. The summed E-state index contributed by atoms with van der Waals surface area (Å²) in [6.07, 6.45) is 3.61. The van der Waals surface area contributed by atoms with Crippen molar-refractivity contribution in [3.05, 3.63) is 71.4 Å². The predicted octanol–water partition coefficient (Wildman–Crippen LogP) is 3.80. The van der Waals surface area contributed by atoms with Crippen molar-refractivity contribution in [1.29, 1.82) is 0 Å². The fourth-order valence-electron chi connectivity index (χ4n) is 3.50. The van der Waals surface area contributed by atoms with Crippen LogP contribution in [0.25, 0.3) is 17.0 Å². The summed E-state index contributed by atoms with van der Waals surface area (Å²) >= 11 is 5.28. The average Bonchev–Trinajstić information content (AvgIpc) is 3.04. The van der Waals surface area contributed by atoms with E-state index in [1.807, 2.05) is 61.7 Å². The molecule has 1 aliphatic rings. The number of aryl methyl sites for hydroxylation is 2. The van der Waals surface area contributed by atoms with Crippen LogP contribution in [0.1, 0.15) is 18.1 Å². The number of hydrogen-bond acceptors (Lipinski definition) is 3. The van der Waals surface area contributed by atoms with Crippen LogP contribution in [0.2, 0.25) is 0 Å². The van der Waals surface area contributed by atoms with Crippen LogP contribution in [-0.4, -0.2) is 21.5 Å². The maximum atomic E-state index is 13.2. The highest BCUT2D eigenvalue weighted by Gasteiger charge is 2.35. The van der Waals surface area contributed by atoms with E-state index in [0.29, 0.717) is 5.69 Å². The van der Waals surface area contributed by atoms with Gasteiger partial charge in [0, 0.05) is 29.2 Å². The van der Waals surface area contributed by atoms with E-state index in [2.05, 4.69) is 16.8 Å². The predicted molar refractivity (Wildman–Crippen MR) is 115 cm³/mol. The Morgan fingerprint density at radius 2 is 1.79 bits per heavy atom. The lowest BCUT2D eigenvalue weighted by Gasteiger charge is -2.29. The molecule has 0 unspecified atom stereocenters. The van der Waals surface area contributed by atoms with E-state index in [1.54, 1.807) is 6.08 Å². The van der Waals surface area contributed by atoms with Gasteiger partial charge in [-0.25, -0.2) is 0 Å². The molecule has 0 bridgehead atoms. The van der Waals surface area contributed by atoms with Gasteiger partial charge in [0.1, 0.15) is 5.57 Å². The molecule has 2 amide bonds. The van der Waals surface area contributed by atoms with Gasteiger partial charge in [0.2, 0.25) is 0 Å². The standard InChI is InChI=1S/C22H19N3O2S/c1-3-24-13-15(16-9-5-7-11-19(16)24)12-17-20(26)23-22(28)25(21(17)27)18-10-6-4-8-14(18)2/h4-13H,3H2,1-2H3,(H,23,26,28)/b17-12+. The summed E-state index contributed by atoms with van der Waals surface area (Å²) in [4.78, 5) is 27.2. The molecule has 4 rings (SSSR count). The zero-order valence-electron chi connectivity index (χ0n) is 15.6. The van der Waals surface area contributed by atoms with Gasteiger partial charge in [-0.3, -0.25) is 19.8 Å². The van der Waals surface area contributed by atoms with Crippen LogP contribution < -0.4 is 10.2 Å². The molecule has 0 saturated carbocycles. The zero-order valence-corrected chi connectivity index (χ0v) is 16.4. The maximum Gasteiger partial charge on any atom is 0.270 e. The molecule has 0 spiro atoms. The summed E-state index contributed by atoms with van der Waals surface area (Å²) in [7, 11) is 0. The van der Waals surface area contributed by atoms with Gasteiger partial charge < -0.3 is 4.57 Å². The zero-order chi connectivity index (χ0) is 19.8. The number of rotatable bonds is 3. The summed E-state index contributed by atoms with van der Waals surface area (Å²) in [5.41, 5.74) is 3.52. The number of aromatic nitrogens is 1. The molecule has 2 heterocycles. The number of nitrogens with zero attached hydrogens (tertiary/aromatic N) is 2. The fourth-order valence-corrected chi connectivity index (χ4v) is 3.77. The topological polar surface area (TPSA) is 54.3 Å². The van der Waals surface area contributed by atoms with E-state index in [9.17, 15) is 9.59 Å². The third kappa shape index (κ3) is 2.92. The lowest BCUT2D eigenvalue weighted by Crippen LogP contribution is -2.54. The number of thiocarbonyl (C=S) groups is 1. The summed E-state index contributed by atoms with van der Waals surface area (Å²) in [5, 5.41) is 3.74. The summed E-state index contributed by atoms with van der Waals surface area (Å²) < 4.78 is 2.09. The van der Waals surface area contributed by atoms with Gasteiger partial charge in [0.05, 0.1) is 5.69 Å². The highest BCUT2D eigenvalue weighted by Crippen LogP contribution is 2.27. The molecule has 1 saturated heterocycles. The molecular weight excluding hydrogens is 370 g/mol. The number of carbonyl (C=O) groups is 2. The first-order valence-corrected chi connectivity index (χ1v) is 9.47. The molecule has 1 aromatic heterocycles. The summed E-state index contributed by atoms with van der Waals surface area (Å²) in [5.74, 6) is -0.899. The highest BCUT2D eigenvalue weighted by molar-refractivity contribution is 7.80. The van der Waals surface area contributed by atoms with E-state index in [1.165, 1.54) is 4.90 Å². The Kier molecular flexibility index (Phi) is 4.57. The molecule has 1 aliphatic heterocycles. The Labute approximate surface area is 168 Å². The van der Waals surface area contributed by atoms with Crippen molar-refractivity contribution < 1.29 is 9.59 Å². The van der Waals surface area contributed by atoms with Gasteiger partial charge in [-0.1, -0.05) is 36.4 Å². The first-order valence-electron chi connectivity index (χ1n) is 9.06. The Bertz CT molecular complexity index is 1160. The smallest absolute Gasteiger partial charge is 0.270 e. The molecule has 1 N–H and O–H groups in total. The van der Waals surface area contributed by atoms with Gasteiger partial charge in [-0.15, -0.1) is 0 Å². The average molecular weight is 389 g/mol. The molecule has 6 heteroatoms. The quantitative estimate of drug-likeness (QED) is 0.421. The van der Waals surface area contributed by atoms with Gasteiger partial charge in [0.15, 0.2) is 5.11 Å². The van der Waals surface area contributed by atoms with Crippen molar-refractivity contribution >= 4 is 51.8 Å². The van der Waals surface area contributed by atoms with Crippen LogP contribution in [0.3, 0.4) is 0 Å². The lowest BCUT2D eigenvalue weighted by atomic mass is 10.1. The second kappa shape index (κ2) is 7.05. The number of carbonyl (C=O) groups excluding carboxylic acids is 2. The van der Waals surface area contributed by atoms with E-state index in [4.69, 9.17) is 12.2 Å². The van der Waals surface area contributed by atoms with E-state index in [-0.39, 0.29) is 10.7 Å². The first-order chi connectivity index (χ1) is 13.5. The summed E-state index contributed by atoms with van der Waals surface area (Å²) in [6.45, 7) is 4.75. The van der Waals surface area contributed by atoms with Crippen molar-refractivity contribution in [2.24, 2.45) is 0 Å². The molecule has 2 aromatic carbocycles.